The van der Waals surface area contributed by atoms with Gasteiger partial charge >= 0.3 is 0 Å². The molecule has 4 N–H and O–H groups in total. The van der Waals surface area contributed by atoms with Crippen molar-refractivity contribution < 1.29 is 28.0 Å². The van der Waals surface area contributed by atoms with E-state index >= 15 is 0 Å². The number of aliphatic hydroxyl groups excluding tert-OH is 2. The van der Waals surface area contributed by atoms with Crippen molar-refractivity contribution in [3.8, 4) is 0 Å². The molecule has 0 aromatic rings. The van der Waals surface area contributed by atoms with Gasteiger partial charge in [0.1, 0.15) is 6.10 Å². The van der Waals surface area contributed by atoms with Crippen LogP contribution in [0.1, 0.15) is 219 Å². The number of amides is 1. The molecule has 1 amide bonds. The molecular weight excluding hydrogens is 659 g/mol. The Bertz CT molecular complexity index is 921. The Labute approximate surface area is 316 Å². The summed E-state index contributed by atoms with van der Waals surface area (Å²) in [7, 11) is -4.41. The van der Waals surface area contributed by atoms with Crippen molar-refractivity contribution in [2.75, 3.05) is 5.75 Å². The monoisotopic (exact) mass is 742 g/mol. The number of carbonyl (C=O) groups is 1. The van der Waals surface area contributed by atoms with E-state index in [2.05, 4.69) is 43.5 Å². The molecule has 0 saturated heterocycles. The maximum atomic E-state index is 12.6. The number of unbranched alkanes of at least 4 members (excludes halogenated alkanes) is 26. The summed E-state index contributed by atoms with van der Waals surface area (Å²) in [6.45, 7) is 4.49. The molecule has 51 heavy (non-hydrogen) atoms. The molecule has 0 radical (unpaired) electrons. The van der Waals surface area contributed by atoms with E-state index in [1.54, 1.807) is 0 Å². The van der Waals surface area contributed by atoms with Crippen molar-refractivity contribution in [3.05, 3.63) is 24.3 Å². The van der Waals surface area contributed by atoms with Crippen LogP contribution in [0, 0.1) is 0 Å². The molecule has 8 heteroatoms. The van der Waals surface area contributed by atoms with Crippen LogP contribution < -0.4 is 5.32 Å². The first-order chi connectivity index (χ1) is 24.7. The Balaban J connectivity index is 3.96. The van der Waals surface area contributed by atoms with Crippen LogP contribution in [0.3, 0.4) is 0 Å². The standard InChI is InChI=1S/C43H83NO6S/c1-3-5-7-9-11-13-15-17-19-21-22-24-25-27-29-31-33-35-37-41(45)40(39-51(48,49)50)44-43(47)42(46)38-36-34-32-30-28-26-23-20-18-16-14-12-10-8-6-4-2/h12,14,18,20,40-42,45-46H,3-11,13,15-17,19,21-39H2,1-2H3,(H,44,47)(H,48,49,50)/b14-12-,20-18-. The Hall–Kier alpha value is -1.22. The molecular formula is C43H83NO6S. The molecule has 0 aliphatic heterocycles. The lowest BCUT2D eigenvalue weighted by Gasteiger charge is -2.24. The number of allylic oxidation sites excluding steroid dienone is 4. The second-order valence-electron chi connectivity index (χ2n) is 15.1. The quantitative estimate of drug-likeness (QED) is 0.0282. The summed E-state index contributed by atoms with van der Waals surface area (Å²) in [6, 6.07) is -1.15. The molecule has 0 aromatic heterocycles. The summed E-state index contributed by atoms with van der Waals surface area (Å²) in [5.41, 5.74) is 0. The zero-order valence-electron chi connectivity index (χ0n) is 33.4. The van der Waals surface area contributed by atoms with Crippen molar-refractivity contribution in [2.24, 2.45) is 0 Å². The van der Waals surface area contributed by atoms with E-state index in [9.17, 15) is 28.0 Å². The molecule has 302 valence electrons. The van der Waals surface area contributed by atoms with E-state index in [1.165, 1.54) is 122 Å². The molecule has 0 rings (SSSR count). The first-order valence-electron chi connectivity index (χ1n) is 21.6. The van der Waals surface area contributed by atoms with Crippen molar-refractivity contribution in [2.45, 2.75) is 238 Å². The lowest BCUT2D eigenvalue weighted by atomic mass is 10.0. The number of nitrogens with one attached hydrogen (secondary N) is 1. The van der Waals surface area contributed by atoms with Gasteiger partial charge in [-0.2, -0.15) is 8.42 Å². The third-order valence-corrected chi connectivity index (χ3v) is 10.8. The SMILES string of the molecule is CCCCC/C=C\C/C=C\CCCCCCCCC(O)C(=O)NC(CS(=O)(=O)O)C(O)CCCCCCCCCCCCCCCCCCCC. The fourth-order valence-corrected chi connectivity index (χ4v) is 7.43. The van der Waals surface area contributed by atoms with Crippen LogP contribution in [0.5, 0.6) is 0 Å². The van der Waals surface area contributed by atoms with E-state index in [4.69, 9.17) is 0 Å². The number of carbonyl (C=O) groups excluding carboxylic acids is 1. The highest BCUT2D eigenvalue weighted by Crippen LogP contribution is 2.16. The van der Waals surface area contributed by atoms with E-state index < -0.39 is 40.0 Å². The summed E-state index contributed by atoms with van der Waals surface area (Å²) in [5, 5.41) is 23.6. The van der Waals surface area contributed by atoms with Crippen LogP contribution in [0.4, 0.5) is 0 Å². The lowest BCUT2D eigenvalue weighted by molar-refractivity contribution is -0.131. The van der Waals surface area contributed by atoms with Crippen LogP contribution in [-0.2, 0) is 14.9 Å². The van der Waals surface area contributed by atoms with Gasteiger partial charge in [0.2, 0.25) is 5.91 Å². The van der Waals surface area contributed by atoms with Gasteiger partial charge < -0.3 is 15.5 Å². The largest absolute Gasteiger partial charge is 0.391 e. The van der Waals surface area contributed by atoms with E-state index in [-0.39, 0.29) is 6.42 Å². The lowest BCUT2D eigenvalue weighted by Crippen LogP contribution is -2.50. The highest BCUT2D eigenvalue weighted by molar-refractivity contribution is 7.85. The van der Waals surface area contributed by atoms with Crippen LogP contribution in [0.2, 0.25) is 0 Å². The molecule has 0 spiro atoms. The maximum absolute atomic E-state index is 12.6. The van der Waals surface area contributed by atoms with Gasteiger partial charge in [-0.1, -0.05) is 199 Å². The molecule has 0 heterocycles. The normalized spacial score (nSPS) is 14.1. The second kappa shape index (κ2) is 37.1. The smallest absolute Gasteiger partial charge is 0.266 e. The van der Waals surface area contributed by atoms with E-state index in [0.717, 1.165) is 57.8 Å². The second-order valence-corrected chi connectivity index (χ2v) is 16.6. The van der Waals surface area contributed by atoms with Crippen molar-refractivity contribution in [1.29, 1.82) is 0 Å². The summed E-state index contributed by atoms with van der Waals surface area (Å²) < 4.78 is 32.6. The number of aliphatic hydroxyl groups is 2. The first-order valence-corrected chi connectivity index (χ1v) is 23.2. The van der Waals surface area contributed by atoms with Gasteiger partial charge in [-0.3, -0.25) is 9.35 Å². The van der Waals surface area contributed by atoms with Gasteiger partial charge in [0, 0.05) is 0 Å². The van der Waals surface area contributed by atoms with Gasteiger partial charge in [0.15, 0.2) is 0 Å². The summed E-state index contributed by atoms with van der Waals surface area (Å²) in [4.78, 5) is 12.6. The predicted molar refractivity (Wildman–Crippen MR) is 218 cm³/mol. The van der Waals surface area contributed by atoms with Gasteiger partial charge in [-0.05, 0) is 44.9 Å². The molecule has 0 aliphatic rings. The molecule has 7 nitrogen and oxygen atoms in total. The maximum Gasteiger partial charge on any atom is 0.266 e. The zero-order chi connectivity index (χ0) is 37.7. The number of hydrogen-bond donors (Lipinski definition) is 4. The minimum absolute atomic E-state index is 0.286. The van der Waals surface area contributed by atoms with Gasteiger partial charge in [0.25, 0.3) is 10.1 Å². The van der Waals surface area contributed by atoms with Gasteiger partial charge in [-0.25, -0.2) is 0 Å². The fourth-order valence-electron chi connectivity index (χ4n) is 6.67. The topological polar surface area (TPSA) is 124 Å². The van der Waals surface area contributed by atoms with Crippen molar-refractivity contribution in [1.82, 2.24) is 5.32 Å². The first kappa shape index (κ1) is 49.8. The number of rotatable bonds is 39. The Morgan fingerprint density at radius 1 is 0.529 bits per heavy atom. The van der Waals surface area contributed by atoms with Crippen LogP contribution >= 0.6 is 0 Å². The zero-order valence-corrected chi connectivity index (χ0v) is 34.2. The Morgan fingerprint density at radius 3 is 1.31 bits per heavy atom. The average molecular weight is 742 g/mol. The van der Waals surface area contributed by atoms with Gasteiger partial charge in [-0.15, -0.1) is 0 Å². The number of hydrogen-bond acceptors (Lipinski definition) is 5. The average Bonchev–Trinajstić information content (AvgIpc) is 3.09. The van der Waals surface area contributed by atoms with Crippen molar-refractivity contribution in [3.63, 3.8) is 0 Å². The van der Waals surface area contributed by atoms with Crippen LogP contribution in [-0.4, -0.2) is 53.1 Å². The third-order valence-electron chi connectivity index (χ3n) is 10.0. The van der Waals surface area contributed by atoms with E-state index in [1.807, 2.05) is 0 Å². The molecule has 0 fully saturated rings. The molecule has 3 atom stereocenters. The highest BCUT2D eigenvalue weighted by atomic mass is 32.2. The van der Waals surface area contributed by atoms with Crippen LogP contribution in [0.25, 0.3) is 0 Å². The fraction of sp³-hybridized carbons (Fsp3) is 0.884. The van der Waals surface area contributed by atoms with Gasteiger partial charge in [0.05, 0.1) is 17.9 Å². The minimum Gasteiger partial charge on any atom is -0.391 e. The highest BCUT2D eigenvalue weighted by Gasteiger charge is 2.28. The Kier molecular flexibility index (Phi) is 36.2. The molecule has 3 unspecified atom stereocenters. The summed E-state index contributed by atoms with van der Waals surface area (Å²) >= 11 is 0. The summed E-state index contributed by atoms with van der Waals surface area (Å²) in [5.74, 6) is -1.46. The third kappa shape index (κ3) is 36.9. The molecule has 0 aromatic carbocycles. The molecule has 0 bridgehead atoms. The van der Waals surface area contributed by atoms with Crippen molar-refractivity contribution >= 4 is 16.0 Å². The van der Waals surface area contributed by atoms with E-state index in [0.29, 0.717) is 19.3 Å². The predicted octanol–water partition coefficient (Wildman–Crippen LogP) is 11.7. The summed E-state index contributed by atoms with van der Waals surface area (Å²) in [6.07, 6.45) is 43.3. The van der Waals surface area contributed by atoms with Crippen LogP contribution in [0.15, 0.2) is 24.3 Å². The minimum atomic E-state index is -4.41. The molecule has 0 aliphatic carbocycles. The Morgan fingerprint density at radius 2 is 0.882 bits per heavy atom. The molecule has 0 saturated carbocycles.